The molecule has 0 fully saturated rings. The number of rotatable bonds is 5. The first kappa shape index (κ1) is 10.3. The van der Waals surface area contributed by atoms with Crippen LogP contribution in [-0.2, 0) is 0 Å². The van der Waals surface area contributed by atoms with Gasteiger partial charge in [0, 0.05) is 18.4 Å². The van der Waals surface area contributed by atoms with Crippen LogP contribution in [0.3, 0.4) is 0 Å². The van der Waals surface area contributed by atoms with E-state index in [1.807, 2.05) is 6.20 Å². The van der Waals surface area contributed by atoms with Crippen molar-refractivity contribution in [2.75, 3.05) is 20.6 Å². The van der Waals surface area contributed by atoms with E-state index in [4.69, 9.17) is 5.73 Å². The monoisotopic (exact) mass is 181 g/mol. The molecule has 0 saturated carbocycles. The molecule has 0 aliphatic heterocycles. The largest absolute Gasteiger partial charge is 0.367 e. The first-order chi connectivity index (χ1) is 6.25. The van der Waals surface area contributed by atoms with Crippen molar-refractivity contribution in [1.29, 1.82) is 0 Å². The molecule has 13 heavy (non-hydrogen) atoms. The average molecular weight is 181 g/mol. The molecule has 1 aromatic rings. The summed E-state index contributed by atoms with van der Waals surface area (Å²) in [6.45, 7) is 0.773. The molecule has 3 N–H and O–H groups in total. The summed E-state index contributed by atoms with van der Waals surface area (Å²) in [7, 11) is 4.21. The smallest absolute Gasteiger partial charge is 0.0357 e. The molecular weight excluding hydrogens is 162 g/mol. The van der Waals surface area contributed by atoms with Gasteiger partial charge in [0.15, 0.2) is 0 Å². The van der Waals surface area contributed by atoms with Crippen molar-refractivity contribution in [3.05, 3.63) is 24.0 Å². The number of nitrogens with zero attached hydrogens (tertiary/aromatic N) is 1. The van der Waals surface area contributed by atoms with Crippen molar-refractivity contribution >= 4 is 0 Å². The zero-order valence-corrected chi connectivity index (χ0v) is 8.46. The second-order valence-electron chi connectivity index (χ2n) is 3.55. The number of aromatic nitrogens is 1. The highest BCUT2D eigenvalue weighted by molar-refractivity contribution is 5.13. The minimum absolute atomic E-state index is 0.495. The highest BCUT2D eigenvalue weighted by Crippen LogP contribution is 2.22. The van der Waals surface area contributed by atoms with E-state index in [2.05, 4.69) is 36.2 Å². The number of aromatic amines is 1. The third-order valence-corrected chi connectivity index (χ3v) is 2.31. The molecule has 74 valence electrons. The Morgan fingerprint density at radius 3 is 2.77 bits per heavy atom. The lowest BCUT2D eigenvalue weighted by atomic mass is 10.0. The molecular formula is C10H19N3. The van der Waals surface area contributed by atoms with Crippen LogP contribution in [0, 0.1) is 0 Å². The van der Waals surface area contributed by atoms with Crippen LogP contribution in [0.2, 0.25) is 0 Å². The van der Waals surface area contributed by atoms with Crippen molar-refractivity contribution < 1.29 is 0 Å². The summed E-state index contributed by atoms with van der Waals surface area (Å²) in [5.41, 5.74) is 6.85. The van der Waals surface area contributed by atoms with Crippen LogP contribution in [-0.4, -0.2) is 30.5 Å². The first-order valence-corrected chi connectivity index (χ1v) is 4.75. The lowest BCUT2D eigenvalue weighted by Crippen LogP contribution is -2.20. The number of nitrogens with two attached hydrogens (primary N) is 1. The minimum Gasteiger partial charge on any atom is -0.367 e. The molecule has 0 bridgehead atoms. The van der Waals surface area contributed by atoms with Gasteiger partial charge in [-0.05, 0) is 45.1 Å². The average Bonchev–Trinajstić information content (AvgIpc) is 2.57. The standard InChI is InChI=1S/C10H19N3/c1-13(2)10(4-3-6-11)9-5-7-12-8-9/h5,7-8,10,12H,3-4,6,11H2,1-2H3. The Bertz CT molecular complexity index is 216. The maximum absolute atomic E-state index is 5.50. The topological polar surface area (TPSA) is 45.0 Å². The van der Waals surface area contributed by atoms with E-state index in [9.17, 15) is 0 Å². The van der Waals surface area contributed by atoms with E-state index in [-0.39, 0.29) is 0 Å². The zero-order chi connectivity index (χ0) is 9.68. The summed E-state index contributed by atoms with van der Waals surface area (Å²) in [5, 5.41) is 0. The molecule has 3 heteroatoms. The van der Waals surface area contributed by atoms with E-state index in [1.54, 1.807) is 0 Å². The molecule has 0 aromatic carbocycles. The zero-order valence-electron chi connectivity index (χ0n) is 8.46. The van der Waals surface area contributed by atoms with Crippen LogP contribution >= 0.6 is 0 Å². The van der Waals surface area contributed by atoms with Gasteiger partial charge in [-0.2, -0.15) is 0 Å². The van der Waals surface area contributed by atoms with Crippen LogP contribution in [0.15, 0.2) is 18.5 Å². The van der Waals surface area contributed by atoms with E-state index < -0.39 is 0 Å². The van der Waals surface area contributed by atoms with Crippen molar-refractivity contribution in [3.8, 4) is 0 Å². The Morgan fingerprint density at radius 2 is 2.31 bits per heavy atom. The SMILES string of the molecule is CN(C)C(CCCN)c1cc[nH]c1. The molecule has 1 heterocycles. The molecule has 0 aliphatic rings. The molecule has 3 nitrogen and oxygen atoms in total. The predicted octanol–water partition coefficient (Wildman–Crippen LogP) is 1.36. The fourth-order valence-electron chi connectivity index (χ4n) is 1.58. The van der Waals surface area contributed by atoms with Crippen molar-refractivity contribution in [3.63, 3.8) is 0 Å². The van der Waals surface area contributed by atoms with Gasteiger partial charge >= 0.3 is 0 Å². The second kappa shape index (κ2) is 5.04. The van der Waals surface area contributed by atoms with Gasteiger partial charge in [0.1, 0.15) is 0 Å². The normalized spacial score (nSPS) is 13.5. The number of H-pyrrole nitrogens is 1. The van der Waals surface area contributed by atoms with Gasteiger partial charge in [0.2, 0.25) is 0 Å². The molecule has 0 radical (unpaired) electrons. The van der Waals surface area contributed by atoms with Crippen molar-refractivity contribution in [2.45, 2.75) is 18.9 Å². The maximum atomic E-state index is 5.50. The second-order valence-corrected chi connectivity index (χ2v) is 3.55. The Hall–Kier alpha value is -0.800. The highest BCUT2D eigenvalue weighted by atomic mass is 15.1. The summed E-state index contributed by atoms with van der Waals surface area (Å²) in [6.07, 6.45) is 6.23. The number of hydrogen-bond donors (Lipinski definition) is 2. The van der Waals surface area contributed by atoms with Gasteiger partial charge in [-0.1, -0.05) is 0 Å². The van der Waals surface area contributed by atoms with Gasteiger partial charge in [-0.15, -0.1) is 0 Å². The van der Waals surface area contributed by atoms with Crippen molar-refractivity contribution in [2.24, 2.45) is 5.73 Å². The molecule has 0 spiro atoms. The van der Waals surface area contributed by atoms with E-state index in [0.717, 1.165) is 19.4 Å². The maximum Gasteiger partial charge on any atom is 0.0357 e. The molecule has 0 aliphatic carbocycles. The third kappa shape index (κ3) is 2.86. The molecule has 1 aromatic heterocycles. The predicted molar refractivity (Wildman–Crippen MR) is 55.5 cm³/mol. The summed E-state index contributed by atoms with van der Waals surface area (Å²) in [5.74, 6) is 0. The van der Waals surface area contributed by atoms with Crippen LogP contribution < -0.4 is 5.73 Å². The Morgan fingerprint density at radius 1 is 1.54 bits per heavy atom. The summed E-state index contributed by atoms with van der Waals surface area (Å²) in [4.78, 5) is 5.32. The molecule has 0 saturated heterocycles. The van der Waals surface area contributed by atoms with Crippen LogP contribution in [0.5, 0.6) is 0 Å². The highest BCUT2D eigenvalue weighted by Gasteiger charge is 2.12. The molecule has 1 atom stereocenters. The lowest BCUT2D eigenvalue weighted by Gasteiger charge is -2.23. The lowest BCUT2D eigenvalue weighted by molar-refractivity contribution is 0.280. The van der Waals surface area contributed by atoms with Crippen LogP contribution in [0.4, 0.5) is 0 Å². The fourth-order valence-corrected chi connectivity index (χ4v) is 1.58. The summed E-state index contributed by atoms with van der Waals surface area (Å²) in [6, 6.07) is 2.62. The van der Waals surface area contributed by atoms with Gasteiger partial charge in [0.25, 0.3) is 0 Å². The van der Waals surface area contributed by atoms with Gasteiger partial charge in [-0.25, -0.2) is 0 Å². The van der Waals surface area contributed by atoms with Gasteiger partial charge in [-0.3, -0.25) is 0 Å². The van der Waals surface area contributed by atoms with E-state index >= 15 is 0 Å². The number of nitrogens with one attached hydrogen (secondary N) is 1. The van der Waals surface area contributed by atoms with Gasteiger partial charge in [0.05, 0.1) is 0 Å². The molecule has 0 amide bonds. The molecule has 1 rings (SSSR count). The Labute approximate surface area is 79.9 Å². The van der Waals surface area contributed by atoms with Crippen LogP contribution in [0.1, 0.15) is 24.4 Å². The Balaban J connectivity index is 2.58. The number of hydrogen-bond acceptors (Lipinski definition) is 2. The third-order valence-electron chi connectivity index (χ3n) is 2.31. The summed E-state index contributed by atoms with van der Waals surface area (Å²) < 4.78 is 0. The quantitative estimate of drug-likeness (QED) is 0.720. The Kier molecular flexibility index (Phi) is 3.99. The fraction of sp³-hybridized carbons (Fsp3) is 0.600. The van der Waals surface area contributed by atoms with Crippen molar-refractivity contribution in [1.82, 2.24) is 9.88 Å². The first-order valence-electron chi connectivity index (χ1n) is 4.75. The van der Waals surface area contributed by atoms with Gasteiger partial charge < -0.3 is 15.6 Å². The summed E-state index contributed by atoms with van der Waals surface area (Å²) >= 11 is 0. The van der Waals surface area contributed by atoms with Crippen LogP contribution in [0.25, 0.3) is 0 Å². The minimum atomic E-state index is 0.495. The molecule has 1 unspecified atom stereocenters. The van der Waals surface area contributed by atoms with E-state index in [1.165, 1.54) is 5.56 Å². The van der Waals surface area contributed by atoms with E-state index in [0.29, 0.717) is 6.04 Å².